The van der Waals surface area contributed by atoms with Crippen molar-refractivity contribution in [3.63, 3.8) is 0 Å². The molecule has 0 saturated carbocycles. The van der Waals surface area contributed by atoms with Gasteiger partial charge in [-0.15, -0.1) is 14.4 Å². The van der Waals surface area contributed by atoms with Crippen LogP contribution in [0, 0.1) is 0 Å². The Kier molecular flexibility index (Phi) is 22.9. The number of hydrogen-bond donors (Lipinski definition) is 13. The van der Waals surface area contributed by atoms with E-state index in [0.29, 0.717) is 28.1 Å². The minimum absolute atomic E-state index is 0.00306. The molecule has 450 valence electrons. The van der Waals surface area contributed by atoms with Crippen LogP contribution in [0.4, 0.5) is 74.7 Å². The molecular formula is C47H52Cl2N13O17PS4. The molecule has 0 aliphatic heterocycles. The number of nitrogens with zero attached hydrogens (tertiary/aromatic N) is 5. The molecule has 84 heavy (non-hydrogen) atoms. The summed E-state index contributed by atoms with van der Waals surface area (Å²) in [5, 5.41) is 27.2. The van der Waals surface area contributed by atoms with Crippen LogP contribution < -0.4 is 64.1 Å². The fraction of sp³-hybridized carbons (Fsp3) is 0.149. The number of nitrogen functional groups attached to an aromatic ring is 5. The molecule has 1 heterocycles. The lowest BCUT2D eigenvalue weighted by Gasteiger charge is -2.17. The van der Waals surface area contributed by atoms with E-state index >= 15 is 0 Å². The summed E-state index contributed by atoms with van der Waals surface area (Å²) in [7, 11) is -13.3. The van der Waals surface area contributed by atoms with Crippen LogP contribution >= 0.6 is 32.4 Å². The van der Waals surface area contributed by atoms with Crippen LogP contribution in [0.3, 0.4) is 0 Å². The van der Waals surface area contributed by atoms with E-state index in [0.717, 1.165) is 6.07 Å². The Bertz CT molecular complexity index is 4050. The molecule has 30 nitrogen and oxygen atoms in total. The first-order valence-electron chi connectivity index (χ1n) is 23.3. The number of carbonyl (C=O) groups is 1. The van der Waals surface area contributed by atoms with E-state index in [1.165, 1.54) is 73.8 Å². The predicted molar refractivity (Wildman–Crippen MR) is 320 cm³/mol. The number of nitrogens with one attached hydrogen (secondary N) is 3. The second-order valence-corrected chi connectivity index (χ2v) is 24.3. The Morgan fingerprint density at radius 3 is 1.62 bits per heavy atom. The van der Waals surface area contributed by atoms with Gasteiger partial charge in [0.25, 0.3) is 40.5 Å². The number of anilines is 11. The largest absolute Gasteiger partial charge is 0.495 e. The van der Waals surface area contributed by atoms with Crippen molar-refractivity contribution in [3.8, 4) is 17.2 Å². The van der Waals surface area contributed by atoms with Gasteiger partial charge in [0.05, 0.1) is 80.8 Å². The van der Waals surface area contributed by atoms with Gasteiger partial charge in [0.2, 0.25) is 17.8 Å². The quantitative estimate of drug-likeness (QED) is 0.0105. The van der Waals surface area contributed by atoms with Crippen molar-refractivity contribution in [1.29, 1.82) is 0 Å². The third-order valence-electron chi connectivity index (χ3n) is 10.4. The van der Waals surface area contributed by atoms with Gasteiger partial charge in [-0.1, -0.05) is 29.3 Å². The topological polar surface area (TPSA) is 512 Å². The summed E-state index contributed by atoms with van der Waals surface area (Å²) in [5.74, 6) is -2.03. The van der Waals surface area contributed by atoms with Crippen molar-refractivity contribution in [2.24, 2.45) is 10.2 Å². The Morgan fingerprint density at radius 1 is 0.583 bits per heavy atom. The van der Waals surface area contributed by atoms with E-state index in [1.807, 2.05) is 0 Å². The fourth-order valence-corrected chi connectivity index (χ4v) is 9.62. The van der Waals surface area contributed by atoms with Crippen LogP contribution in [-0.4, -0.2) is 110 Å². The Balaban J connectivity index is 0.000000421. The van der Waals surface area contributed by atoms with Crippen LogP contribution in [0.1, 0.15) is 23.2 Å². The molecule has 0 fully saturated rings. The lowest BCUT2D eigenvalue weighted by atomic mass is 10.1. The van der Waals surface area contributed by atoms with Gasteiger partial charge in [0.15, 0.2) is 0 Å². The van der Waals surface area contributed by atoms with Gasteiger partial charge in [-0.2, -0.15) is 53.7 Å². The number of aromatic carboxylic acids is 1. The SMILES string of the molecule is COc1ccc(S(=O)(=O)O)cc1N.Nc1ccc(Nc2nc(Nc3cc(Cl)c(N)cc3OCCCS(=O)(=O)O)nc(Nc3cc(Cl)c(N=Nc4ccc(N)c(C(=O)O)c4)cc3OCCCS(=O)(=O)O)n2)cc1.Nc1ccc(P)c(S(=O)(=O)O)c1. The predicted octanol–water partition coefficient (Wildman–Crippen LogP) is 7.12. The molecule has 0 bridgehead atoms. The first kappa shape index (κ1) is 66.6. The molecule has 7 rings (SSSR count). The number of aromatic nitrogens is 3. The van der Waals surface area contributed by atoms with Crippen LogP contribution in [0.2, 0.25) is 10.0 Å². The van der Waals surface area contributed by atoms with Gasteiger partial charge in [0.1, 0.15) is 27.8 Å². The Morgan fingerprint density at radius 2 is 1.12 bits per heavy atom. The zero-order chi connectivity index (χ0) is 62.3. The maximum absolute atomic E-state index is 11.6. The van der Waals surface area contributed by atoms with Crippen molar-refractivity contribution < 1.29 is 76.0 Å². The maximum atomic E-state index is 11.6. The van der Waals surface area contributed by atoms with Crippen LogP contribution in [0.15, 0.2) is 123 Å². The second-order valence-electron chi connectivity index (χ2n) is 16.9. The number of ether oxygens (including phenoxy) is 3. The average Bonchev–Trinajstić information content (AvgIpc) is 3.01. The minimum Gasteiger partial charge on any atom is -0.495 e. The third kappa shape index (κ3) is 21.2. The number of nitrogens with two attached hydrogens (primary N) is 5. The van der Waals surface area contributed by atoms with Crippen LogP contribution in [-0.2, 0) is 40.5 Å². The molecule has 0 aliphatic carbocycles. The standard InChI is InChI=1S/C34H35Cl2N11O10S2.C7H9NO4S.C6H8NO3PS/c35-22-14-27(29(16-25(22)39)56-9-1-11-58(50,51)52)41-33-43-32(40-19-5-3-18(37)4-6-19)44-34(45-33)42-28-15-23(36)26(17-30(28)57-10-2-12-59(53,54)55)47-46-20-7-8-24(38)21(13-20)31(48)49;1-12-7-3-2-5(4-6(7)8)13(9,10)11;7-4-1-2-5(11)6(3-4)12(8,9)10/h3-8,13-17H,1-2,9-12,37-39H2,(H,48,49)(H,50,51,52)(H,53,54,55)(H3,40,41,42,43,44,45);2-4H,8H2,1H3,(H,9,10,11);1-3H,7,11H2,(H,8,9,10). The van der Waals surface area contributed by atoms with Crippen molar-refractivity contribution in [2.45, 2.75) is 22.6 Å². The van der Waals surface area contributed by atoms with Gasteiger partial charge in [0, 0.05) is 34.9 Å². The highest BCUT2D eigenvalue weighted by Crippen LogP contribution is 2.40. The number of methoxy groups -OCH3 is 1. The molecule has 37 heteroatoms. The van der Waals surface area contributed by atoms with Crippen molar-refractivity contribution in [1.82, 2.24) is 15.0 Å². The first-order valence-corrected chi connectivity index (χ1v) is 30.7. The third-order valence-corrected chi connectivity index (χ3v) is 15.1. The normalized spacial score (nSPS) is 11.6. The zero-order valence-corrected chi connectivity index (χ0v) is 49.2. The molecule has 0 aliphatic rings. The Labute approximate surface area is 492 Å². The maximum Gasteiger partial charge on any atom is 0.337 e. The number of carboxylic acids is 1. The summed E-state index contributed by atoms with van der Waals surface area (Å²) in [6.45, 7) is -0.332. The summed E-state index contributed by atoms with van der Waals surface area (Å²) in [4.78, 5) is 24.5. The molecular weight excluding hydrogens is 1250 g/mol. The minimum atomic E-state index is -4.30. The summed E-state index contributed by atoms with van der Waals surface area (Å²) >= 11 is 13.0. The molecule has 1 aromatic heterocycles. The van der Waals surface area contributed by atoms with E-state index in [9.17, 15) is 48.1 Å². The van der Waals surface area contributed by atoms with Gasteiger partial charge in [-0.05, 0) is 103 Å². The number of carboxylic acid groups (broad SMARTS) is 1. The second kappa shape index (κ2) is 28.9. The van der Waals surface area contributed by atoms with Crippen LogP contribution in [0.25, 0.3) is 0 Å². The number of azo groups is 1. The summed E-state index contributed by atoms with van der Waals surface area (Å²) < 4.78 is 140. The highest BCUT2D eigenvalue weighted by atomic mass is 35.5. The highest BCUT2D eigenvalue weighted by Gasteiger charge is 2.19. The zero-order valence-electron chi connectivity index (χ0n) is 43.3. The molecule has 0 radical (unpaired) electrons. The molecule has 1 unspecified atom stereocenters. The fourth-order valence-electron chi connectivity index (χ4n) is 6.50. The van der Waals surface area contributed by atoms with Gasteiger partial charge < -0.3 is 63.9 Å². The lowest BCUT2D eigenvalue weighted by Crippen LogP contribution is -2.11. The van der Waals surface area contributed by atoms with E-state index in [2.05, 4.69) is 50.4 Å². The van der Waals surface area contributed by atoms with Crippen molar-refractivity contribution in [3.05, 3.63) is 119 Å². The van der Waals surface area contributed by atoms with Gasteiger partial charge in [-0.25, -0.2) is 4.79 Å². The Hall–Kier alpha value is -8.15. The number of rotatable bonds is 22. The van der Waals surface area contributed by atoms with Crippen LogP contribution in [0.5, 0.6) is 17.2 Å². The lowest BCUT2D eigenvalue weighted by molar-refractivity contribution is 0.0697. The van der Waals surface area contributed by atoms with E-state index in [-0.39, 0.29) is 121 Å². The van der Waals surface area contributed by atoms with E-state index in [4.69, 9.17) is 79.7 Å². The summed E-state index contributed by atoms with van der Waals surface area (Å²) in [6.07, 6.45) is -0.159. The molecule has 0 saturated heterocycles. The molecule has 0 amide bonds. The molecule has 0 spiro atoms. The number of halogens is 2. The van der Waals surface area contributed by atoms with Crippen molar-refractivity contribution >= 4 is 159 Å². The first-order chi connectivity index (χ1) is 39.2. The monoisotopic (exact) mass is 1300 g/mol. The molecule has 6 aromatic carbocycles. The van der Waals surface area contributed by atoms with Crippen molar-refractivity contribution in [2.75, 3.05) is 76.4 Å². The molecule has 1 atom stereocenters. The number of benzene rings is 6. The summed E-state index contributed by atoms with van der Waals surface area (Å²) in [5.41, 5.74) is 30.4. The number of hydrogen-bond acceptors (Lipinski definition) is 25. The van der Waals surface area contributed by atoms with E-state index < -0.39 is 57.9 Å². The highest BCUT2D eigenvalue weighted by molar-refractivity contribution is 7.86. The molecule has 18 N–H and O–H groups in total. The summed E-state index contributed by atoms with van der Waals surface area (Å²) in [6, 6.07) is 24.2. The van der Waals surface area contributed by atoms with Gasteiger partial charge >= 0.3 is 5.97 Å². The van der Waals surface area contributed by atoms with E-state index in [1.54, 1.807) is 30.3 Å². The average molecular weight is 1300 g/mol. The molecule has 7 aromatic rings. The van der Waals surface area contributed by atoms with Gasteiger partial charge in [-0.3, -0.25) is 18.2 Å². The smallest absolute Gasteiger partial charge is 0.337 e.